The molecule has 0 saturated carbocycles. The van der Waals surface area contributed by atoms with Crippen molar-refractivity contribution >= 4 is 21.9 Å². The Bertz CT molecular complexity index is 635. The third-order valence-corrected chi connectivity index (χ3v) is 3.40. The fourth-order valence-corrected chi connectivity index (χ4v) is 2.26. The summed E-state index contributed by atoms with van der Waals surface area (Å²) in [5.74, 6) is 0.611. The van der Waals surface area contributed by atoms with E-state index in [0.29, 0.717) is 11.7 Å². The van der Waals surface area contributed by atoms with Gasteiger partial charge in [-0.15, -0.1) is 0 Å². The van der Waals surface area contributed by atoms with Crippen LogP contribution in [0.3, 0.4) is 0 Å². The zero-order valence-corrected chi connectivity index (χ0v) is 12.8. The lowest BCUT2D eigenvalue weighted by Crippen LogP contribution is -1.97. The third-order valence-electron chi connectivity index (χ3n) is 2.90. The van der Waals surface area contributed by atoms with Crippen LogP contribution in [0.5, 0.6) is 11.5 Å². The van der Waals surface area contributed by atoms with Gasteiger partial charge in [0.15, 0.2) is 0 Å². The molecule has 0 saturated heterocycles. The van der Waals surface area contributed by atoms with Crippen LogP contribution < -0.4 is 4.74 Å². The van der Waals surface area contributed by atoms with Crippen LogP contribution in [0.15, 0.2) is 46.9 Å². The van der Waals surface area contributed by atoms with Gasteiger partial charge in [-0.1, -0.05) is 35.8 Å². The second-order valence-corrected chi connectivity index (χ2v) is 5.69. The van der Waals surface area contributed by atoms with E-state index in [1.54, 1.807) is 18.2 Å². The molecule has 0 aromatic heterocycles. The van der Waals surface area contributed by atoms with Gasteiger partial charge in [-0.25, -0.2) is 4.79 Å². The number of carbonyl (C=O) groups is 1. The van der Waals surface area contributed by atoms with Gasteiger partial charge < -0.3 is 9.84 Å². The number of hydrogen-bond donors (Lipinski definition) is 1. The van der Waals surface area contributed by atoms with E-state index in [9.17, 15) is 4.79 Å². The van der Waals surface area contributed by atoms with Crippen LogP contribution in [0.25, 0.3) is 0 Å². The number of ether oxygens (including phenoxy) is 1. The Kier molecular flexibility index (Phi) is 4.45. The molecule has 0 fully saturated rings. The second-order valence-electron chi connectivity index (χ2n) is 4.77. The molecule has 0 radical (unpaired) electrons. The van der Waals surface area contributed by atoms with Crippen molar-refractivity contribution < 1.29 is 14.6 Å². The Labute approximate surface area is 126 Å². The number of halogens is 1. The average Bonchev–Trinajstić information content (AvgIpc) is 2.41. The zero-order chi connectivity index (χ0) is 14.7. The first-order valence-corrected chi connectivity index (χ1v) is 7.07. The molecule has 0 amide bonds. The van der Waals surface area contributed by atoms with E-state index >= 15 is 0 Å². The fourth-order valence-electron chi connectivity index (χ4n) is 1.88. The van der Waals surface area contributed by atoms with E-state index in [1.807, 2.05) is 18.2 Å². The van der Waals surface area contributed by atoms with Crippen molar-refractivity contribution in [1.29, 1.82) is 0 Å². The first-order valence-electron chi connectivity index (χ1n) is 6.28. The quantitative estimate of drug-likeness (QED) is 0.849. The normalized spacial score (nSPS) is 10.6. The Hall–Kier alpha value is -1.81. The van der Waals surface area contributed by atoms with Crippen LogP contribution in [-0.2, 0) is 0 Å². The summed E-state index contributed by atoms with van der Waals surface area (Å²) < 4.78 is 6.83. The number of carboxylic acid groups (broad SMARTS) is 1. The monoisotopic (exact) mass is 334 g/mol. The molecule has 20 heavy (non-hydrogen) atoms. The number of aromatic carboxylic acids is 1. The smallest absolute Gasteiger partial charge is 0.335 e. The van der Waals surface area contributed by atoms with Crippen molar-refractivity contribution in [1.82, 2.24) is 0 Å². The van der Waals surface area contributed by atoms with Crippen LogP contribution in [0, 0.1) is 0 Å². The van der Waals surface area contributed by atoms with Gasteiger partial charge in [-0.2, -0.15) is 0 Å². The van der Waals surface area contributed by atoms with Gasteiger partial charge in [-0.05, 0) is 47.9 Å². The van der Waals surface area contributed by atoms with Crippen LogP contribution in [0.2, 0.25) is 0 Å². The Morgan fingerprint density at radius 1 is 1.20 bits per heavy atom. The Morgan fingerprint density at radius 3 is 2.60 bits per heavy atom. The van der Waals surface area contributed by atoms with Crippen molar-refractivity contribution in [3.63, 3.8) is 0 Å². The van der Waals surface area contributed by atoms with Gasteiger partial charge in [0.05, 0.1) is 5.56 Å². The number of carboxylic acids is 1. The fraction of sp³-hybridized carbons (Fsp3) is 0.188. The highest BCUT2D eigenvalue weighted by atomic mass is 79.9. The van der Waals surface area contributed by atoms with Gasteiger partial charge in [0.25, 0.3) is 0 Å². The molecule has 3 nitrogen and oxygen atoms in total. The van der Waals surface area contributed by atoms with E-state index in [1.165, 1.54) is 6.07 Å². The zero-order valence-electron chi connectivity index (χ0n) is 11.3. The summed E-state index contributed by atoms with van der Waals surface area (Å²) in [6.45, 7) is 4.17. The number of hydrogen-bond acceptors (Lipinski definition) is 2. The highest BCUT2D eigenvalue weighted by molar-refractivity contribution is 9.10. The first kappa shape index (κ1) is 14.6. The Morgan fingerprint density at radius 2 is 1.95 bits per heavy atom. The van der Waals surface area contributed by atoms with E-state index < -0.39 is 5.97 Å². The molecule has 4 heteroatoms. The summed E-state index contributed by atoms with van der Waals surface area (Å²) in [6.07, 6.45) is 0. The van der Waals surface area contributed by atoms with E-state index in [2.05, 4.69) is 29.8 Å². The van der Waals surface area contributed by atoms with Crippen molar-refractivity contribution in [3.05, 3.63) is 58.1 Å². The van der Waals surface area contributed by atoms with Gasteiger partial charge in [-0.3, -0.25) is 0 Å². The molecule has 0 aliphatic rings. The lowest BCUT2D eigenvalue weighted by Gasteiger charge is -2.14. The summed E-state index contributed by atoms with van der Waals surface area (Å²) >= 11 is 3.45. The minimum absolute atomic E-state index is 0.214. The maximum atomic E-state index is 11.0. The van der Waals surface area contributed by atoms with Crippen molar-refractivity contribution in [2.75, 3.05) is 0 Å². The summed E-state index contributed by atoms with van der Waals surface area (Å²) in [4.78, 5) is 11.0. The molecule has 0 aliphatic carbocycles. The molecule has 0 aliphatic heterocycles. The van der Waals surface area contributed by atoms with Crippen molar-refractivity contribution in [2.24, 2.45) is 0 Å². The first-order chi connectivity index (χ1) is 9.47. The van der Waals surface area contributed by atoms with Gasteiger partial charge in [0.2, 0.25) is 0 Å². The molecule has 2 aromatic rings. The highest BCUT2D eigenvalue weighted by Gasteiger charge is 2.10. The standard InChI is InChI=1S/C16H15BrO3/c1-10(2)14-9-12(17)6-7-15(14)20-13-5-3-4-11(8-13)16(18)19/h3-10H,1-2H3,(H,18,19). The molecular formula is C16H15BrO3. The SMILES string of the molecule is CC(C)c1cc(Br)ccc1Oc1cccc(C(=O)O)c1. The summed E-state index contributed by atoms with van der Waals surface area (Å²) in [7, 11) is 0. The van der Waals surface area contributed by atoms with Gasteiger partial charge in [0, 0.05) is 4.47 Å². The van der Waals surface area contributed by atoms with Crippen molar-refractivity contribution in [3.8, 4) is 11.5 Å². The number of benzene rings is 2. The third kappa shape index (κ3) is 3.39. The van der Waals surface area contributed by atoms with Crippen LogP contribution in [0.1, 0.15) is 35.7 Å². The van der Waals surface area contributed by atoms with Crippen molar-refractivity contribution in [2.45, 2.75) is 19.8 Å². The van der Waals surface area contributed by atoms with Gasteiger partial charge in [0.1, 0.15) is 11.5 Å². The van der Waals surface area contributed by atoms with E-state index in [0.717, 1.165) is 15.8 Å². The lowest BCUT2D eigenvalue weighted by atomic mass is 10.0. The summed E-state index contributed by atoms with van der Waals surface area (Å²) in [5, 5.41) is 8.99. The predicted octanol–water partition coefficient (Wildman–Crippen LogP) is 5.06. The van der Waals surface area contributed by atoms with Crippen LogP contribution in [0.4, 0.5) is 0 Å². The molecule has 0 atom stereocenters. The predicted molar refractivity (Wildman–Crippen MR) is 81.7 cm³/mol. The number of rotatable bonds is 4. The van der Waals surface area contributed by atoms with E-state index in [-0.39, 0.29) is 5.56 Å². The highest BCUT2D eigenvalue weighted by Crippen LogP contribution is 2.33. The van der Waals surface area contributed by atoms with E-state index in [4.69, 9.17) is 9.84 Å². The molecular weight excluding hydrogens is 320 g/mol. The molecule has 2 aromatic carbocycles. The topological polar surface area (TPSA) is 46.5 Å². The maximum absolute atomic E-state index is 11.0. The van der Waals surface area contributed by atoms with Crippen LogP contribution >= 0.6 is 15.9 Å². The molecule has 0 unspecified atom stereocenters. The minimum Gasteiger partial charge on any atom is -0.478 e. The van der Waals surface area contributed by atoms with Crippen LogP contribution in [-0.4, -0.2) is 11.1 Å². The molecule has 0 bridgehead atoms. The Balaban J connectivity index is 2.35. The molecule has 104 valence electrons. The molecule has 0 spiro atoms. The summed E-state index contributed by atoms with van der Waals surface area (Å²) in [5.41, 5.74) is 1.28. The average molecular weight is 335 g/mol. The minimum atomic E-state index is -0.963. The second kappa shape index (κ2) is 6.09. The largest absolute Gasteiger partial charge is 0.478 e. The molecule has 1 N–H and O–H groups in total. The molecule has 0 heterocycles. The summed E-state index contributed by atoms with van der Waals surface area (Å²) in [6, 6.07) is 12.3. The van der Waals surface area contributed by atoms with Gasteiger partial charge >= 0.3 is 5.97 Å². The maximum Gasteiger partial charge on any atom is 0.335 e. The molecule has 2 rings (SSSR count). The lowest BCUT2D eigenvalue weighted by molar-refractivity contribution is 0.0696.